The minimum absolute atomic E-state index is 0.304. The second kappa shape index (κ2) is 4.97. The zero-order valence-electron chi connectivity index (χ0n) is 9.95. The number of hydrogen-bond donors (Lipinski definition) is 1. The van der Waals surface area contributed by atoms with Crippen molar-refractivity contribution in [2.45, 2.75) is 19.1 Å². The van der Waals surface area contributed by atoms with Crippen LogP contribution >= 0.6 is 15.9 Å². The highest BCUT2D eigenvalue weighted by molar-refractivity contribution is 9.10. The lowest BCUT2D eigenvalue weighted by molar-refractivity contribution is -0.137. The maximum absolute atomic E-state index is 12.6. The largest absolute Gasteiger partial charge is 0.419 e. The van der Waals surface area contributed by atoms with Gasteiger partial charge in [-0.2, -0.15) is 18.3 Å². The summed E-state index contributed by atoms with van der Waals surface area (Å²) in [6.45, 7) is 1.76. The molecular formula is C12H11BrF3N3. The van der Waals surface area contributed by atoms with Gasteiger partial charge in [0.05, 0.1) is 17.4 Å². The van der Waals surface area contributed by atoms with Crippen LogP contribution in [0.25, 0.3) is 5.69 Å². The Morgan fingerprint density at radius 1 is 1.37 bits per heavy atom. The van der Waals surface area contributed by atoms with Crippen molar-refractivity contribution in [3.63, 3.8) is 0 Å². The van der Waals surface area contributed by atoms with Crippen LogP contribution in [-0.4, -0.2) is 9.78 Å². The molecule has 2 aromatic rings. The molecule has 2 N–H and O–H groups in total. The van der Waals surface area contributed by atoms with Gasteiger partial charge in [0.15, 0.2) is 0 Å². The first-order valence-electron chi connectivity index (χ1n) is 5.46. The number of aromatic nitrogens is 2. The van der Waals surface area contributed by atoms with Gasteiger partial charge in [-0.15, -0.1) is 0 Å². The zero-order valence-corrected chi connectivity index (χ0v) is 11.5. The molecule has 1 aromatic heterocycles. The van der Waals surface area contributed by atoms with Crippen molar-refractivity contribution in [3.05, 3.63) is 46.2 Å². The van der Waals surface area contributed by atoms with Crippen LogP contribution in [0.15, 0.2) is 35.1 Å². The summed E-state index contributed by atoms with van der Waals surface area (Å²) in [4.78, 5) is 0. The van der Waals surface area contributed by atoms with Crippen molar-refractivity contribution in [2.24, 2.45) is 5.73 Å². The van der Waals surface area contributed by atoms with E-state index in [9.17, 15) is 13.2 Å². The molecule has 0 saturated heterocycles. The molecule has 0 spiro atoms. The SMILES string of the molecule is CC(N)c1ccc(Br)cc1-n1cc(C(F)(F)F)cn1. The summed E-state index contributed by atoms with van der Waals surface area (Å²) in [6.07, 6.45) is -2.65. The average molecular weight is 334 g/mol. The Morgan fingerprint density at radius 2 is 2.05 bits per heavy atom. The van der Waals surface area contributed by atoms with Gasteiger partial charge in [-0.3, -0.25) is 0 Å². The molecule has 0 radical (unpaired) electrons. The molecule has 2 rings (SSSR count). The van der Waals surface area contributed by atoms with Crippen molar-refractivity contribution in [3.8, 4) is 5.69 Å². The average Bonchev–Trinajstić information content (AvgIpc) is 2.77. The molecule has 7 heteroatoms. The van der Waals surface area contributed by atoms with Crippen LogP contribution in [0.2, 0.25) is 0 Å². The molecule has 0 bridgehead atoms. The first-order valence-corrected chi connectivity index (χ1v) is 6.25. The number of rotatable bonds is 2. The van der Waals surface area contributed by atoms with E-state index in [2.05, 4.69) is 21.0 Å². The summed E-state index contributed by atoms with van der Waals surface area (Å²) in [5, 5.41) is 3.76. The molecule has 1 aromatic carbocycles. The van der Waals surface area contributed by atoms with Crippen LogP contribution in [0.4, 0.5) is 13.2 Å². The van der Waals surface area contributed by atoms with Crippen molar-refractivity contribution >= 4 is 15.9 Å². The highest BCUT2D eigenvalue weighted by Gasteiger charge is 2.32. The molecule has 1 atom stereocenters. The number of nitrogens with two attached hydrogens (primary N) is 1. The highest BCUT2D eigenvalue weighted by atomic mass is 79.9. The molecule has 0 saturated carbocycles. The first-order chi connectivity index (χ1) is 8.79. The van der Waals surface area contributed by atoms with Gasteiger partial charge < -0.3 is 5.73 Å². The maximum Gasteiger partial charge on any atom is 0.419 e. The van der Waals surface area contributed by atoms with E-state index in [1.54, 1.807) is 25.1 Å². The number of nitrogens with zero attached hydrogens (tertiary/aromatic N) is 2. The van der Waals surface area contributed by atoms with Gasteiger partial charge in [-0.05, 0) is 24.6 Å². The Balaban J connectivity index is 2.52. The lowest BCUT2D eigenvalue weighted by Crippen LogP contribution is -2.10. The third-order valence-electron chi connectivity index (χ3n) is 2.64. The van der Waals surface area contributed by atoms with Gasteiger partial charge in [0.2, 0.25) is 0 Å². The van der Waals surface area contributed by atoms with Crippen molar-refractivity contribution in [1.82, 2.24) is 9.78 Å². The standard InChI is InChI=1S/C12H11BrF3N3/c1-7(17)10-3-2-9(13)4-11(10)19-6-8(5-18-19)12(14,15)16/h2-7H,17H2,1H3. The maximum atomic E-state index is 12.6. The second-order valence-corrected chi connectivity index (χ2v) is 5.08. The van der Waals surface area contributed by atoms with Gasteiger partial charge in [0.25, 0.3) is 0 Å². The topological polar surface area (TPSA) is 43.8 Å². The molecule has 1 heterocycles. The minimum Gasteiger partial charge on any atom is -0.324 e. The number of alkyl halides is 3. The molecule has 0 aliphatic rings. The predicted molar refractivity (Wildman–Crippen MR) is 68.9 cm³/mol. The van der Waals surface area contributed by atoms with E-state index < -0.39 is 11.7 Å². The van der Waals surface area contributed by atoms with Crippen LogP contribution < -0.4 is 5.73 Å². The normalized spacial score (nSPS) is 13.6. The first kappa shape index (κ1) is 14.1. The summed E-state index contributed by atoms with van der Waals surface area (Å²) in [5.41, 5.74) is 6.28. The molecule has 0 aliphatic carbocycles. The van der Waals surface area contributed by atoms with E-state index in [-0.39, 0.29) is 6.04 Å². The van der Waals surface area contributed by atoms with E-state index in [4.69, 9.17) is 5.73 Å². The van der Waals surface area contributed by atoms with E-state index in [0.717, 1.165) is 22.4 Å². The molecule has 0 amide bonds. The smallest absolute Gasteiger partial charge is 0.324 e. The van der Waals surface area contributed by atoms with Gasteiger partial charge in [-0.1, -0.05) is 22.0 Å². The van der Waals surface area contributed by atoms with Crippen LogP contribution in [0.5, 0.6) is 0 Å². The summed E-state index contributed by atoms with van der Waals surface area (Å²) in [7, 11) is 0. The molecule has 0 fully saturated rings. The van der Waals surface area contributed by atoms with Gasteiger partial charge in [0.1, 0.15) is 0 Å². The monoisotopic (exact) mass is 333 g/mol. The number of hydrogen-bond acceptors (Lipinski definition) is 2. The summed E-state index contributed by atoms with van der Waals surface area (Å²) in [6, 6.07) is 4.93. The zero-order chi connectivity index (χ0) is 14.2. The Kier molecular flexibility index (Phi) is 3.69. The number of benzene rings is 1. The molecule has 19 heavy (non-hydrogen) atoms. The minimum atomic E-state index is -4.40. The third-order valence-corrected chi connectivity index (χ3v) is 3.13. The fourth-order valence-corrected chi connectivity index (χ4v) is 2.05. The summed E-state index contributed by atoms with van der Waals surface area (Å²) >= 11 is 3.28. The number of halogens is 4. The quantitative estimate of drug-likeness (QED) is 0.911. The Labute approximate surface area is 116 Å². The summed E-state index contributed by atoms with van der Waals surface area (Å²) < 4.78 is 39.6. The van der Waals surface area contributed by atoms with E-state index >= 15 is 0 Å². The lowest BCUT2D eigenvalue weighted by Gasteiger charge is -2.13. The van der Waals surface area contributed by atoms with Crippen molar-refractivity contribution in [1.29, 1.82) is 0 Å². The fraction of sp³-hybridized carbons (Fsp3) is 0.250. The molecule has 102 valence electrons. The second-order valence-electron chi connectivity index (χ2n) is 4.16. The predicted octanol–water partition coefficient (Wildman–Crippen LogP) is 3.67. The van der Waals surface area contributed by atoms with Crippen LogP contribution in [0.3, 0.4) is 0 Å². The molecular weight excluding hydrogens is 323 g/mol. The van der Waals surface area contributed by atoms with Crippen LogP contribution in [-0.2, 0) is 6.18 Å². The molecule has 0 aliphatic heterocycles. The molecule has 1 unspecified atom stereocenters. The van der Waals surface area contributed by atoms with Gasteiger partial charge in [-0.25, -0.2) is 4.68 Å². The Morgan fingerprint density at radius 3 is 2.58 bits per heavy atom. The van der Waals surface area contributed by atoms with E-state index in [1.165, 1.54) is 4.68 Å². The van der Waals surface area contributed by atoms with Crippen LogP contribution in [0.1, 0.15) is 24.1 Å². The highest BCUT2D eigenvalue weighted by Crippen LogP contribution is 2.30. The van der Waals surface area contributed by atoms with E-state index in [1.807, 2.05) is 0 Å². The lowest BCUT2D eigenvalue weighted by atomic mass is 10.1. The van der Waals surface area contributed by atoms with Crippen LogP contribution in [0, 0.1) is 0 Å². The van der Waals surface area contributed by atoms with Crippen molar-refractivity contribution in [2.75, 3.05) is 0 Å². The summed E-state index contributed by atoms with van der Waals surface area (Å²) in [5.74, 6) is 0. The fourth-order valence-electron chi connectivity index (χ4n) is 1.70. The van der Waals surface area contributed by atoms with E-state index in [0.29, 0.717) is 5.69 Å². The Bertz CT molecular complexity index is 590. The van der Waals surface area contributed by atoms with Crippen molar-refractivity contribution < 1.29 is 13.2 Å². The third kappa shape index (κ3) is 2.98. The molecule has 3 nitrogen and oxygen atoms in total. The Hall–Kier alpha value is -1.34. The van der Waals surface area contributed by atoms with Gasteiger partial charge in [0, 0.05) is 16.7 Å². The van der Waals surface area contributed by atoms with Gasteiger partial charge >= 0.3 is 6.18 Å².